The van der Waals surface area contributed by atoms with Gasteiger partial charge in [0.15, 0.2) is 0 Å². The summed E-state index contributed by atoms with van der Waals surface area (Å²) < 4.78 is 5.42. The molecule has 2 amide bonds. The van der Waals surface area contributed by atoms with Crippen molar-refractivity contribution in [3.05, 3.63) is 0 Å². The average molecular weight is 351 g/mol. The van der Waals surface area contributed by atoms with E-state index in [0.717, 1.165) is 19.5 Å². The minimum atomic E-state index is -0.457. The summed E-state index contributed by atoms with van der Waals surface area (Å²) in [5.74, 6) is 1.03. The first-order chi connectivity index (χ1) is 12.1. The van der Waals surface area contributed by atoms with E-state index < -0.39 is 5.41 Å². The Labute approximate surface area is 151 Å². The van der Waals surface area contributed by atoms with Crippen LogP contribution in [-0.2, 0) is 14.3 Å². The lowest BCUT2D eigenvalue weighted by Gasteiger charge is -2.38. The molecule has 0 aromatic heterocycles. The number of nitrogens with two attached hydrogens (primary N) is 1. The van der Waals surface area contributed by atoms with Crippen molar-refractivity contribution in [2.45, 2.75) is 51.4 Å². The monoisotopic (exact) mass is 351 g/mol. The fourth-order valence-corrected chi connectivity index (χ4v) is 4.56. The molecule has 0 atom stereocenters. The molecule has 3 aliphatic rings. The third-order valence-corrected chi connectivity index (χ3v) is 6.37. The molecule has 2 aliphatic heterocycles. The molecule has 2 N–H and O–H groups in total. The minimum Gasteiger partial charge on any atom is -0.381 e. The normalized spacial score (nSPS) is 25.0. The second kappa shape index (κ2) is 8.49. The van der Waals surface area contributed by atoms with Gasteiger partial charge in [-0.15, -0.1) is 0 Å². The summed E-state index contributed by atoms with van der Waals surface area (Å²) in [4.78, 5) is 29.6. The molecule has 0 radical (unpaired) electrons. The molecule has 6 nitrogen and oxygen atoms in total. The molecule has 25 heavy (non-hydrogen) atoms. The number of hydrogen-bond donors (Lipinski definition) is 1. The molecule has 2 saturated heterocycles. The summed E-state index contributed by atoms with van der Waals surface area (Å²) >= 11 is 0. The van der Waals surface area contributed by atoms with Crippen LogP contribution in [-0.4, -0.2) is 67.6 Å². The van der Waals surface area contributed by atoms with Crippen molar-refractivity contribution in [3.8, 4) is 0 Å². The standard InChI is InChI=1S/C19H33N3O3/c20-15-19(6-12-25-13-7-19)18(24)22-9-3-8-21(10-11-22)17(23)14-16-4-1-2-5-16/h16H,1-15,20H2. The van der Waals surface area contributed by atoms with Gasteiger partial charge in [0.2, 0.25) is 11.8 Å². The van der Waals surface area contributed by atoms with Crippen LogP contribution in [0.25, 0.3) is 0 Å². The van der Waals surface area contributed by atoms with E-state index in [4.69, 9.17) is 10.5 Å². The molecule has 0 aromatic rings. The van der Waals surface area contributed by atoms with E-state index in [1.165, 1.54) is 25.7 Å². The molecular formula is C19H33N3O3. The lowest BCUT2D eigenvalue weighted by atomic mass is 9.79. The van der Waals surface area contributed by atoms with Crippen molar-refractivity contribution < 1.29 is 14.3 Å². The molecule has 1 saturated carbocycles. The van der Waals surface area contributed by atoms with Crippen LogP contribution >= 0.6 is 0 Å². The molecule has 0 bridgehead atoms. The maximum atomic E-state index is 13.1. The molecule has 0 spiro atoms. The van der Waals surface area contributed by atoms with Gasteiger partial charge >= 0.3 is 0 Å². The van der Waals surface area contributed by atoms with Crippen molar-refractivity contribution >= 4 is 11.8 Å². The van der Waals surface area contributed by atoms with Crippen LogP contribution in [0, 0.1) is 11.3 Å². The van der Waals surface area contributed by atoms with Gasteiger partial charge in [0.05, 0.1) is 5.41 Å². The molecule has 2 heterocycles. The van der Waals surface area contributed by atoms with Crippen molar-refractivity contribution in [2.75, 3.05) is 45.9 Å². The quantitative estimate of drug-likeness (QED) is 0.830. The zero-order valence-electron chi connectivity index (χ0n) is 15.4. The molecular weight excluding hydrogens is 318 g/mol. The second-order valence-corrected chi connectivity index (χ2v) is 7.98. The van der Waals surface area contributed by atoms with Crippen LogP contribution in [0.2, 0.25) is 0 Å². The minimum absolute atomic E-state index is 0.170. The fourth-order valence-electron chi connectivity index (χ4n) is 4.56. The molecule has 142 valence electrons. The van der Waals surface area contributed by atoms with Gasteiger partial charge < -0.3 is 20.3 Å². The van der Waals surface area contributed by atoms with E-state index in [1.807, 2.05) is 9.80 Å². The molecule has 0 aromatic carbocycles. The summed E-state index contributed by atoms with van der Waals surface area (Å²) in [5.41, 5.74) is 5.53. The Hall–Kier alpha value is -1.14. The lowest BCUT2D eigenvalue weighted by molar-refractivity contribution is -0.147. The van der Waals surface area contributed by atoms with E-state index >= 15 is 0 Å². The Bertz CT molecular complexity index is 471. The number of carbonyl (C=O) groups is 2. The zero-order valence-corrected chi connectivity index (χ0v) is 15.4. The van der Waals surface area contributed by atoms with Crippen LogP contribution in [0.15, 0.2) is 0 Å². The maximum Gasteiger partial charge on any atom is 0.230 e. The Kier molecular flexibility index (Phi) is 6.34. The van der Waals surface area contributed by atoms with Crippen LogP contribution in [0.1, 0.15) is 51.4 Å². The largest absolute Gasteiger partial charge is 0.381 e. The highest BCUT2D eigenvalue weighted by molar-refractivity contribution is 5.83. The van der Waals surface area contributed by atoms with Gasteiger partial charge in [0.25, 0.3) is 0 Å². The van der Waals surface area contributed by atoms with Crippen molar-refractivity contribution in [1.82, 2.24) is 9.80 Å². The molecule has 3 rings (SSSR count). The number of carbonyl (C=O) groups excluding carboxylic acids is 2. The third-order valence-electron chi connectivity index (χ3n) is 6.37. The Morgan fingerprint density at radius 1 is 0.960 bits per heavy atom. The van der Waals surface area contributed by atoms with Gasteiger partial charge in [-0.3, -0.25) is 9.59 Å². The molecule has 0 unspecified atom stereocenters. The van der Waals surface area contributed by atoms with Gasteiger partial charge in [-0.25, -0.2) is 0 Å². The van der Waals surface area contributed by atoms with Crippen molar-refractivity contribution in [1.29, 1.82) is 0 Å². The summed E-state index contributed by atoms with van der Waals surface area (Å²) in [6.45, 7) is 4.41. The maximum absolute atomic E-state index is 13.1. The fraction of sp³-hybridized carbons (Fsp3) is 0.895. The smallest absolute Gasteiger partial charge is 0.230 e. The topological polar surface area (TPSA) is 75.9 Å². The van der Waals surface area contributed by atoms with Gasteiger partial charge in [-0.2, -0.15) is 0 Å². The van der Waals surface area contributed by atoms with Crippen LogP contribution < -0.4 is 5.73 Å². The summed E-state index contributed by atoms with van der Waals surface area (Å²) in [5, 5.41) is 0. The van der Waals surface area contributed by atoms with Gasteiger partial charge in [0.1, 0.15) is 0 Å². The predicted molar refractivity (Wildman–Crippen MR) is 95.9 cm³/mol. The highest BCUT2D eigenvalue weighted by atomic mass is 16.5. The summed E-state index contributed by atoms with van der Waals surface area (Å²) in [6.07, 6.45) is 7.91. The van der Waals surface area contributed by atoms with E-state index in [2.05, 4.69) is 0 Å². The lowest BCUT2D eigenvalue weighted by Crippen LogP contribution is -2.51. The van der Waals surface area contributed by atoms with Crippen molar-refractivity contribution in [3.63, 3.8) is 0 Å². The van der Waals surface area contributed by atoms with Crippen LogP contribution in [0.4, 0.5) is 0 Å². The highest BCUT2D eigenvalue weighted by Gasteiger charge is 2.41. The molecule has 3 fully saturated rings. The van der Waals surface area contributed by atoms with Crippen LogP contribution in [0.5, 0.6) is 0 Å². The average Bonchev–Trinajstić information content (AvgIpc) is 3.03. The predicted octanol–water partition coefficient (Wildman–Crippen LogP) is 1.38. The zero-order chi connectivity index (χ0) is 17.7. The Morgan fingerprint density at radius 3 is 2.28 bits per heavy atom. The number of hydrogen-bond acceptors (Lipinski definition) is 4. The first-order valence-electron chi connectivity index (χ1n) is 9.99. The molecule has 6 heteroatoms. The van der Waals surface area contributed by atoms with Gasteiger partial charge in [-0.1, -0.05) is 12.8 Å². The van der Waals surface area contributed by atoms with Crippen molar-refractivity contribution in [2.24, 2.45) is 17.1 Å². The number of amides is 2. The van der Waals surface area contributed by atoms with Crippen LogP contribution in [0.3, 0.4) is 0 Å². The van der Waals surface area contributed by atoms with Gasteiger partial charge in [0, 0.05) is 52.4 Å². The summed E-state index contributed by atoms with van der Waals surface area (Å²) in [6, 6.07) is 0. The molecule has 1 aliphatic carbocycles. The SMILES string of the molecule is NCC1(C(=O)N2CCCN(C(=O)CC3CCCC3)CC2)CCOCC1. The summed E-state index contributed by atoms with van der Waals surface area (Å²) in [7, 11) is 0. The van der Waals surface area contributed by atoms with E-state index in [1.54, 1.807) is 0 Å². The number of rotatable bonds is 4. The number of nitrogens with zero attached hydrogens (tertiary/aromatic N) is 2. The first kappa shape index (κ1) is 18.6. The van der Waals surface area contributed by atoms with Gasteiger partial charge in [-0.05, 0) is 38.0 Å². The highest BCUT2D eigenvalue weighted by Crippen LogP contribution is 2.32. The second-order valence-electron chi connectivity index (χ2n) is 7.98. The Morgan fingerprint density at radius 2 is 1.60 bits per heavy atom. The van der Waals surface area contributed by atoms with E-state index in [-0.39, 0.29) is 11.8 Å². The Balaban J connectivity index is 1.55. The third kappa shape index (κ3) is 4.34. The number of ether oxygens (including phenoxy) is 1. The first-order valence-corrected chi connectivity index (χ1v) is 9.99. The van der Waals surface area contributed by atoms with E-state index in [0.29, 0.717) is 58.0 Å². The van der Waals surface area contributed by atoms with E-state index in [9.17, 15) is 9.59 Å².